The largest absolute Gasteiger partial charge is 0.493 e. The van der Waals surface area contributed by atoms with Crippen molar-refractivity contribution in [1.29, 1.82) is 0 Å². The highest BCUT2D eigenvalue weighted by Gasteiger charge is 2.48. The third-order valence-corrected chi connectivity index (χ3v) is 8.35. The van der Waals surface area contributed by atoms with Crippen LogP contribution >= 0.6 is 0 Å². The van der Waals surface area contributed by atoms with E-state index in [4.69, 9.17) is 23.7 Å². The Labute approximate surface area is 252 Å². The maximum Gasteiger partial charge on any atom is 0.231 e. The van der Waals surface area contributed by atoms with E-state index < -0.39 is 30.5 Å². The van der Waals surface area contributed by atoms with Crippen LogP contribution in [0.5, 0.6) is 28.7 Å². The third kappa shape index (κ3) is 5.95. The maximum absolute atomic E-state index is 14.8. The second kappa shape index (κ2) is 13.1. The predicted molar refractivity (Wildman–Crippen MR) is 160 cm³/mol. The molecule has 10 nitrogen and oxygen atoms in total. The quantitative estimate of drug-likeness (QED) is 0.346. The number of rotatable bonds is 11. The Bertz CT molecular complexity index is 1400. The molecule has 0 saturated carbocycles. The van der Waals surface area contributed by atoms with Gasteiger partial charge in [-0.15, -0.1) is 0 Å². The van der Waals surface area contributed by atoms with E-state index in [9.17, 15) is 15.0 Å². The number of benzene rings is 3. The lowest BCUT2D eigenvalue weighted by atomic mass is 9.64. The lowest BCUT2D eigenvalue weighted by molar-refractivity contribution is -0.143. The highest BCUT2D eigenvalue weighted by atomic mass is 16.7. The number of methoxy groups -OCH3 is 3. The molecular formula is C33H40N2O8. The van der Waals surface area contributed by atoms with Crippen LogP contribution in [-0.4, -0.2) is 87.8 Å². The number of carbonyl (C=O) groups excluding carboxylic acids is 1. The Balaban J connectivity index is 1.70. The Morgan fingerprint density at radius 3 is 2.09 bits per heavy atom. The molecule has 3 aromatic carbocycles. The van der Waals surface area contributed by atoms with Gasteiger partial charge in [0, 0.05) is 38.1 Å². The van der Waals surface area contributed by atoms with Crippen LogP contribution in [0.15, 0.2) is 54.6 Å². The normalized spacial score (nSPS) is 20.5. The molecule has 1 aliphatic heterocycles. The SMILES string of the molecule is COc1cc([C@@H]2c3cc4c(cc3[C@H](O)[C@@H](CO)[C@@H]2C(=O)N(CCN(C)C)Cc2ccccc2)OCO4)cc(OC)c1OC. The van der Waals surface area contributed by atoms with E-state index in [0.717, 1.165) is 5.56 Å². The van der Waals surface area contributed by atoms with Gasteiger partial charge in [-0.3, -0.25) is 4.79 Å². The van der Waals surface area contributed by atoms with Crippen molar-refractivity contribution in [2.24, 2.45) is 11.8 Å². The van der Waals surface area contributed by atoms with Gasteiger partial charge in [0.05, 0.1) is 33.4 Å². The first-order chi connectivity index (χ1) is 20.8. The summed E-state index contributed by atoms with van der Waals surface area (Å²) in [5, 5.41) is 22.5. The molecule has 1 amide bonds. The predicted octanol–water partition coefficient (Wildman–Crippen LogP) is 3.44. The van der Waals surface area contributed by atoms with Crippen molar-refractivity contribution in [2.75, 3.05) is 61.9 Å². The van der Waals surface area contributed by atoms with Crippen LogP contribution < -0.4 is 23.7 Å². The number of hydrogen-bond acceptors (Lipinski definition) is 9. The van der Waals surface area contributed by atoms with Gasteiger partial charge in [-0.05, 0) is 60.6 Å². The van der Waals surface area contributed by atoms with E-state index in [2.05, 4.69) is 0 Å². The molecule has 2 aliphatic rings. The third-order valence-electron chi connectivity index (χ3n) is 8.35. The molecule has 10 heteroatoms. The number of aliphatic hydroxyl groups excluding tert-OH is 2. The fraction of sp³-hybridized carbons (Fsp3) is 0.424. The Morgan fingerprint density at radius 2 is 1.53 bits per heavy atom. The van der Waals surface area contributed by atoms with Gasteiger partial charge >= 0.3 is 0 Å². The molecule has 0 fully saturated rings. The summed E-state index contributed by atoms with van der Waals surface area (Å²) in [5.74, 6) is -0.0610. The van der Waals surface area contributed by atoms with Gasteiger partial charge in [0.2, 0.25) is 18.4 Å². The molecule has 0 bridgehead atoms. The minimum absolute atomic E-state index is 0.0599. The fourth-order valence-electron chi connectivity index (χ4n) is 6.18. The van der Waals surface area contributed by atoms with Crippen LogP contribution in [-0.2, 0) is 11.3 Å². The number of aliphatic hydroxyl groups is 2. The van der Waals surface area contributed by atoms with Crippen LogP contribution in [0.2, 0.25) is 0 Å². The Morgan fingerprint density at radius 1 is 0.907 bits per heavy atom. The summed E-state index contributed by atoms with van der Waals surface area (Å²) < 4.78 is 28.3. The first-order valence-electron chi connectivity index (χ1n) is 14.3. The molecule has 0 radical (unpaired) electrons. The molecule has 2 N–H and O–H groups in total. The van der Waals surface area contributed by atoms with Crippen molar-refractivity contribution in [1.82, 2.24) is 9.80 Å². The zero-order valence-corrected chi connectivity index (χ0v) is 25.3. The van der Waals surface area contributed by atoms with E-state index in [1.54, 1.807) is 20.3 Å². The van der Waals surface area contributed by atoms with Crippen molar-refractivity contribution >= 4 is 5.91 Å². The van der Waals surface area contributed by atoms with E-state index in [1.807, 2.05) is 72.4 Å². The first kappa shape index (κ1) is 30.5. The monoisotopic (exact) mass is 592 g/mol. The average molecular weight is 593 g/mol. The van der Waals surface area contributed by atoms with E-state index >= 15 is 0 Å². The zero-order valence-electron chi connectivity index (χ0n) is 25.3. The van der Waals surface area contributed by atoms with Crippen molar-refractivity contribution in [2.45, 2.75) is 18.6 Å². The van der Waals surface area contributed by atoms with Gasteiger partial charge in [0.15, 0.2) is 23.0 Å². The number of nitrogens with zero attached hydrogens (tertiary/aromatic N) is 2. The molecule has 5 rings (SSSR count). The van der Waals surface area contributed by atoms with E-state index in [-0.39, 0.29) is 12.7 Å². The second-order valence-corrected chi connectivity index (χ2v) is 11.1. The summed E-state index contributed by atoms with van der Waals surface area (Å²) in [5.41, 5.74) is 2.99. The number of carbonyl (C=O) groups is 1. The van der Waals surface area contributed by atoms with Crippen LogP contribution in [0, 0.1) is 11.8 Å². The molecule has 0 unspecified atom stereocenters. The van der Waals surface area contributed by atoms with Crippen molar-refractivity contribution < 1.29 is 38.7 Å². The van der Waals surface area contributed by atoms with Crippen molar-refractivity contribution in [3.05, 3.63) is 76.9 Å². The number of ether oxygens (including phenoxy) is 5. The lowest BCUT2D eigenvalue weighted by Gasteiger charge is -2.43. The van der Waals surface area contributed by atoms with Gasteiger partial charge in [0.25, 0.3) is 0 Å². The van der Waals surface area contributed by atoms with Gasteiger partial charge in [-0.2, -0.15) is 0 Å². The highest BCUT2D eigenvalue weighted by molar-refractivity contribution is 5.82. The molecule has 230 valence electrons. The Kier molecular flexibility index (Phi) is 9.29. The van der Waals surface area contributed by atoms with Crippen LogP contribution in [0.3, 0.4) is 0 Å². The van der Waals surface area contributed by atoms with Gasteiger partial charge in [-0.25, -0.2) is 0 Å². The van der Waals surface area contributed by atoms with Crippen LogP contribution in [0.4, 0.5) is 0 Å². The van der Waals surface area contributed by atoms with Crippen LogP contribution in [0.1, 0.15) is 34.3 Å². The summed E-state index contributed by atoms with van der Waals surface area (Å²) >= 11 is 0. The number of fused-ring (bicyclic) bond motifs is 2. The summed E-state index contributed by atoms with van der Waals surface area (Å²) in [6.45, 7) is 1.14. The van der Waals surface area contributed by atoms with E-state index in [1.165, 1.54) is 7.11 Å². The summed E-state index contributed by atoms with van der Waals surface area (Å²) in [6, 6.07) is 17.1. The standard InChI is InChI=1S/C33H40N2O8/c1-34(2)11-12-35(17-20-9-7-6-8-10-20)33(38)30-24(18-36)31(37)23-16-26-25(42-19-43-26)15-22(23)29(30)21-13-27(39-3)32(41-5)28(14-21)40-4/h6-10,13-16,24,29-31,36-37H,11-12,17-19H2,1-5H3/t24-,29+,30-,31-/m0/s1. The van der Waals surface area contributed by atoms with Gasteiger partial charge in [0.1, 0.15) is 0 Å². The molecule has 0 spiro atoms. The number of hydrogen-bond donors (Lipinski definition) is 2. The topological polar surface area (TPSA) is 110 Å². The lowest BCUT2D eigenvalue weighted by Crippen LogP contribution is -2.48. The molecule has 3 aromatic rings. The molecule has 1 heterocycles. The highest BCUT2D eigenvalue weighted by Crippen LogP contribution is 2.54. The van der Waals surface area contributed by atoms with E-state index in [0.29, 0.717) is 65.1 Å². The number of likely N-dealkylation sites (N-methyl/N-ethyl adjacent to an activating group) is 1. The molecule has 0 saturated heterocycles. The summed E-state index contributed by atoms with van der Waals surface area (Å²) in [4.78, 5) is 18.7. The smallest absolute Gasteiger partial charge is 0.231 e. The first-order valence-corrected chi connectivity index (χ1v) is 14.3. The fourth-order valence-corrected chi connectivity index (χ4v) is 6.18. The van der Waals surface area contributed by atoms with Crippen molar-refractivity contribution in [3.8, 4) is 28.7 Å². The molecule has 1 aliphatic carbocycles. The molecule has 0 aromatic heterocycles. The minimum Gasteiger partial charge on any atom is -0.493 e. The zero-order chi connectivity index (χ0) is 30.7. The molecular weight excluding hydrogens is 552 g/mol. The summed E-state index contributed by atoms with van der Waals surface area (Å²) in [6.07, 6.45) is -1.12. The Hall–Kier alpha value is -3.99. The minimum atomic E-state index is -1.12. The maximum atomic E-state index is 14.8. The second-order valence-electron chi connectivity index (χ2n) is 11.1. The molecule has 43 heavy (non-hydrogen) atoms. The summed E-state index contributed by atoms with van der Waals surface area (Å²) in [7, 11) is 8.54. The van der Waals surface area contributed by atoms with Crippen LogP contribution in [0.25, 0.3) is 0 Å². The van der Waals surface area contributed by atoms with Gasteiger partial charge < -0.3 is 43.7 Å². The average Bonchev–Trinajstić information content (AvgIpc) is 3.49. The number of amides is 1. The van der Waals surface area contributed by atoms with Crippen molar-refractivity contribution in [3.63, 3.8) is 0 Å². The molecule has 4 atom stereocenters. The van der Waals surface area contributed by atoms with Gasteiger partial charge in [-0.1, -0.05) is 30.3 Å².